The maximum Gasteiger partial charge on any atom is 0.494 e. The fraction of sp³-hybridized carbons (Fsp3) is 0.550. The van der Waals surface area contributed by atoms with Crippen LogP contribution < -0.4 is 16.3 Å². The lowest BCUT2D eigenvalue weighted by atomic mass is 9.78. The first-order chi connectivity index (χ1) is 13.7. The average Bonchev–Trinajstić information content (AvgIpc) is 2.80. The Morgan fingerprint density at radius 3 is 2.40 bits per heavy atom. The first-order valence-corrected chi connectivity index (χ1v) is 10.1. The third-order valence-corrected chi connectivity index (χ3v) is 5.57. The second kappa shape index (κ2) is 7.55. The topological polar surface area (TPSA) is 103 Å². The Kier molecular flexibility index (Phi) is 5.68. The molecule has 0 radical (unpaired) electrons. The van der Waals surface area contributed by atoms with Gasteiger partial charge in [-0.25, -0.2) is 9.89 Å². The van der Waals surface area contributed by atoms with Gasteiger partial charge >= 0.3 is 13.2 Å². The summed E-state index contributed by atoms with van der Waals surface area (Å²) in [5.41, 5.74) is -0.985. The van der Waals surface area contributed by atoms with Gasteiger partial charge in [-0.1, -0.05) is 17.7 Å². The molecule has 1 fully saturated rings. The van der Waals surface area contributed by atoms with Gasteiger partial charge in [-0.15, -0.1) is 0 Å². The predicted molar refractivity (Wildman–Crippen MR) is 116 cm³/mol. The molecule has 0 aliphatic carbocycles. The highest BCUT2D eigenvalue weighted by Crippen LogP contribution is 2.37. The predicted octanol–water partition coefficient (Wildman–Crippen LogP) is 2.90. The van der Waals surface area contributed by atoms with Crippen molar-refractivity contribution in [2.24, 2.45) is 0 Å². The number of H-pyrrole nitrogens is 1. The zero-order valence-corrected chi connectivity index (χ0v) is 19.1. The van der Waals surface area contributed by atoms with Crippen LogP contribution in [0.4, 0.5) is 4.79 Å². The van der Waals surface area contributed by atoms with E-state index >= 15 is 0 Å². The minimum Gasteiger partial charge on any atom is -0.444 e. The number of aromatic amines is 1. The highest BCUT2D eigenvalue weighted by Gasteiger charge is 2.51. The molecular formula is C20H27BClN3O5. The maximum absolute atomic E-state index is 12.3. The SMILES string of the molecule is CC(C)(C)OC(=O)NCc1n[nH]c(=O)c2c(Cl)cc(B3OC(C)(C)C(C)(C)O3)cc12. The summed E-state index contributed by atoms with van der Waals surface area (Å²) >= 11 is 6.44. The number of amides is 1. The minimum atomic E-state index is -0.650. The normalized spacial score (nSPS) is 17.9. The van der Waals surface area contributed by atoms with Crippen molar-refractivity contribution >= 4 is 41.0 Å². The van der Waals surface area contributed by atoms with Gasteiger partial charge in [0.05, 0.1) is 33.8 Å². The van der Waals surface area contributed by atoms with Crippen LogP contribution in [0.1, 0.15) is 54.2 Å². The van der Waals surface area contributed by atoms with E-state index in [-0.39, 0.29) is 17.0 Å². The number of carbonyl (C=O) groups is 1. The maximum atomic E-state index is 12.3. The molecule has 8 nitrogen and oxygen atoms in total. The number of hydrogen-bond donors (Lipinski definition) is 2. The fourth-order valence-electron chi connectivity index (χ4n) is 3.04. The number of benzene rings is 1. The number of alkyl carbamates (subject to hydrolysis) is 1. The molecule has 0 saturated carbocycles. The van der Waals surface area contributed by atoms with Crippen molar-refractivity contribution in [2.45, 2.75) is 71.8 Å². The molecule has 2 aromatic rings. The molecule has 10 heteroatoms. The van der Waals surface area contributed by atoms with Crippen LogP contribution in [0.15, 0.2) is 16.9 Å². The van der Waals surface area contributed by atoms with E-state index < -0.39 is 35.6 Å². The third kappa shape index (κ3) is 4.48. The summed E-state index contributed by atoms with van der Waals surface area (Å²) in [4.78, 5) is 24.4. The van der Waals surface area contributed by atoms with Crippen molar-refractivity contribution in [1.82, 2.24) is 15.5 Å². The molecule has 162 valence electrons. The van der Waals surface area contributed by atoms with Crippen LogP contribution >= 0.6 is 11.6 Å². The number of nitrogens with one attached hydrogen (secondary N) is 2. The monoisotopic (exact) mass is 435 g/mol. The van der Waals surface area contributed by atoms with Crippen molar-refractivity contribution in [3.8, 4) is 0 Å². The molecule has 2 N–H and O–H groups in total. The van der Waals surface area contributed by atoms with Crippen LogP contribution in [-0.4, -0.2) is 40.2 Å². The molecule has 0 unspecified atom stereocenters. The summed E-state index contributed by atoms with van der Waals surface area (Å²) in [6.45, 7) is 13.2. The third-order valence-electron chi connectivity index (χ3n) is 5.27. The molecule has 1 aromatic heterocycles. The van der Waals surface area contributed by atoms with E-state index in [1.165, 1.54) is 0 Å². The number of fused-ring (bicyclic) bond motifs is 1. The zero-order chi connectivity index (χ0) is 22.5. The Bertz CT molecular complexity index is 1030. The van der Waals surface area contributed by atoms with E-state index in [4.69, 9.17) is 25.6 Å². The molecule has 2 heterocycles. The molecule has 1 aromatic carbocycles. The van der Waals surface area contributed by atoms with Crippen LogP contribution in [0.25, 0.3) is 10.8 Å². The summed E-state index contributed by atoms with van der Waals surface area (Å²) < 4.78 is 17.5. The summed E-state index contributed by atoms with van der Waals surface area (Å²) in [6, 6.07) is 3.42. The number of nitrogens with zero attached hydrogens (tertiary/aromatic N) is 1. The van der Waals surface area contributed by atoms with Crippen LogP contribution in [0.5, 0.6) is 0 Å². The Morgan fingerprint density at radius 1 is 1.23 bits per heavy atom. The summed E-state index contributed by atoms with van der Waals surface area (Å²) in [6.07, 6.45) is -0.586. The van der Waals surface area contributed by atoms with Crippen molar-refractivity contribution in [3.05, 3.63) is 33.2 Å². The van der Waals surface area contributed by atoms with Gasteiger partial charge in [0.15, 0.2) is 0 Å². The van der Waals surface area contributed by atoms with Gasteiger partial charge in [-0.05, 0) is 60.0 Å². The Balaban J connectivity index is 1.97. The average molecular weight is 436 g/mol. The number of carbonyl (C=O) groups excluding carboxylic acids is 1. The number of halogens is 1. The van der Waals surface area contributed by atoms with Gasteiger partial charge in [0.1, 0.15) is 5.60 Å². The van der Waals surface area contributed by atoms with E-state index in [1.807, 2.05) is 27.7 Å². The fourth-order valence-corrected chi connectivity index (χ4v) is 3.35. The Labute approximate surface area is 180 Å². The highest BCUT2D eigenvalue weighted by molar-refractivity contribution is 6.63. The van der Waals surface area contributed by atoms with Gasteiger partial charge in [0.2, 0.25) is 0 Å². The summed E-state index contributed by atoms with van der Waals surface area (Å²) in [5, 5.41) is 10.2. The number of ether oxygens (including phenoxy) is 1. The molecule has 0 atom stereocenters. The van der Waals surface area contributed by atoms with Gasteiger partial charge in [-0.2, -0.15) is 5.10 Å². The van der Waals surface area contributed by atoms with E-state index in [9.17, 15) is 9.59 Å². The second-order valence-electron chi connectivity index (χ2n) is 9.37. The van der Waals surface area contributed by atoms with E-state index in [0.717, 1.165) is 0 Å². The first kappa shape index (κ1) is 22.6. The second-order valence-corrected chi connectivity index (χ2v) is 9.78. The molecule has 0 spiro atoms. The van der Waals surface area contributed by atoms with Crippen LogP contribution in [-0.2, 0) is 20.6 Å². The van der Waals surface area contributed by atoms with E-state index in [2.05, 4.69) is 15.5 Å². The van der Waals surface area contributed by atoms with Crippen LogP contribution in [0, 0.1) is 0 Å². The van der Waals surface area contributed by atoms with Gasteiger partial charge in [-0.3, -0.25) is 4.79 Å². The lowest BCUT2D eigenvalue weighted by molar-refractivity contribution is 0.00578. The molecule has 1 amide bonds. The van der Waals surface area contributed by atoms with E-state index in [1.54, 1.807) is 32.9 Å². The first-order valence-electron chi connectivity index (χ1n) is 9.73. The largest absolute Gasteiger partial charge is 0.494 e. The van der Waals surface area contributed by atoms with Crippen molar-refractivity contribution in [1.29, 1.82) is 0 Å². The lowest BCUT2D eigenvalue weighted by Gasteiger charge is -2.32. The van der Waals surface area contributed by atoms with E-state index in [0.29, 0.717) is 16.5 Å². The number of hydrogen-bond acceptors (Lipinski definition) is 6. The molecule has 30 heavy (non-hydrogen) atoms. The van der Waals surface area contributed by atoms with Crippen molar-refractivity contribution in [2.75, 3.05) is 0 Å². The van der Waals surface area contributed by atoms with Gasteiger partial charge < -0.3 is 19.4 Å². The molecule has 1 saturated heterocycles. The highest BCUT2D eigenvalue weighted by atomic mass is 35.5. The molecule has 0 bridgehead atoms. The zero-order valence-electron chi connectivity index (χ0n) is 18.3. The van der Waals surface area contributed by atoms with Crippen molar-refractivity contribution < 1.29 is 18.8 Å². The molecule has 1 aliphatic heterocycles. The number of rotatable bonds is 3. The van der Waals surface area contributed by atoms with Gasteiger partial charge in [0, 0.05) is 5.39 Å². The number of aromatic nitrogens is 2. The molecule has 1 aliphatic rings. The smallest absolute Gasteiger partial charge is 0.444 e. The summed E-state index contributed by atoms with van der Waals surface area (Å²) in [7, 11) is -0.650. The quantitative estimate of drug-likeness (QED) is 0.719. The van der Waals surface area contributed by atoms with Crippen LogP contribution in [0.3, 0.4) is 0 Å². The Morgan fingerprint density at radius 2 is 1.83 bits per heavy atom. The Hall–Kier alpha value is -2.10. The van der Waals surface area contributed by atoms with Crippen LogP contribution in [0.2, 0.25) is 5.02 Å². The standard InChI is InChI=1S/C20H27BClN3O5/c1-18(2,3)28-17(27)23-10-14-12-8-11(9-13(22)15(12)16(26)25-24-14)21-29-19(4,5)20(6,7)30-21/h8-9H,10H2,1-7H3,(H,23,27)(H,25,26). The molecular weight excluding hydrogens is 409 g/mol. The van der Waals surface area contributed by atoms with Gasteiger partial charge in [0.25, 0.3) is 5.56 Å². The lowest BCUT2D eigenvalue weighted by Crippen LogP contribution is -2.41. The van der Waals surface area contributed by atoms with Crippen molar-refractivity contribution in [3.63, 3.8) is 0 Å². The molecule has 3 rings (SSSR count). The summed E-state index contributed by atoms with van der Waals surface area (Å²) in [5.74, 6) is 0. The minimum absolute atomic E-state index is 0.0470.